The van der Waals surface area contributed by atoms with E-state index in [4.69, 9.17) is 34.8 Å². The number of carbonyl (C=O) groups is 2. The Bertz CT molecular complexity index is 870. The molecule has 7 heteroatoms. The molecule has 3 rings (SSSR count). The van der Waals surface area contributed by atoms with Crippen molar-refractivity contribution in [3.63, 3.8) is 0 Å². The number of benzene rings is 2. The smallest absolute Gasteiger partial charge is 0.261 e. The third kappa shape index (κ3) is 3.98. The maximum Gasteiger partial charge on any atom is 0.261 e. The van der Waals surface area contributed by atoms with Crippen LogP contribution >= 0.6 is 34.8 Å². The predicted octanol–water partition coefficient (Wildman–Crippen LogP) is 5.18. The van der Waals surface area contributed by atoms with Crippen LogP contribution in [0, 0.1) is 6.92 Å². The summed E-state index contributed by atoms with van der Waals surface area (Å²) in [7, 11) is 0. The van der Waals surface area contributed by atoms with Gasteiger partial charge >= 0.3 is 0 Å². The lowest BCUT2D eigenvalue weighted by Crippen LogP contribution is -2.42. The highest BCUT2D eigenvalue weighted by molar-refractivity contribution is 6.36. The molecule has 26 heavy (non-hydrogen) atoms. The Morgan fingerprint density at radius 1 is 1.12 bits per heavy atom. The average Bonchev–Trinajstić information content (AvgIpc) is 3.02. The quantitative estimate of drug-likeness (QED) is 0.695. The van der Waals surface area contributed by atoms with Crippen molar-refractivity contribution in [2.24, 2.45) is 0 Å². The molecule has 1 heterocycles. The Kier molecular flexibility index (Phi) is 5.76. The fourth-order valence-electron chi connectivity index (χ4n) is 2.84. The van der Waals surface area contributed by atoms with Gasteiger partial charge in [0.25, 0.3) is 5.91 Å². The van der Waals surface area contributed by atoms with Crippen LogP contribution in [0.25, 0.3) is 0 Å². The van der Waals surface area contributed by atoms with E-state index in [0.717, 1.165) is 12.0 Å². The first-order valence-electron chi connectivity index (χ1n) is 8.17. The Labute approximate surface area is 167 Å². The molecule has 4 nitrogen and oxygen atoms in total. The number of hydrogen-bond acceptors (Lipinski definition) is 2. The van der Waals surface area contributed by atoms with Crippen LogP contribution in [0.5, 0.6) is 0 Å². The Balaban J connectivity index is 2.01. The van der Waals surface area contributed by atoms with E-state index in [0.29, 0.717) is 33.7 Å². The third-order valence-electron chi connectivity index (χ3n) is 4.35. The van der Waals surface area contributed by atoms with Crippen LogP contribution in [0.3, 0.4) is 0 Å². The Morgan fingerprint density at radius 3 is 2.54 bits per heavy atom. The molecule has 0 bridgehead atoms. The van der Waals surface area contributed by atoms with E-state index in [9.17, 15) is 9.59 Å². The molecule has 1 saturated heterocycles. The van der Waals surface area contributed by atoms with E-state index >= 15 is 0 Å². The Hall–Kier alpha value is -1.75. The first kappa shape index (κ1) is 19.0. The molecule has 0 spiro atoms. The van der Waals surface area contributed by atoms with Gasteiger partial charge in [-0.05, 0) is 49.2 Å². The maximum absolute atomic E-state index is 13.2. The molecule has 1 aliphatic rings. The van der Waals surface area contributed by atoms with Crippen LogP contribution in [-0.4, -0.2) is 29.9 Å². The number of likely N-dealkylation sites (tertiary alicyclic amines) is 1. The summed E-state index contributed by atoms with van der Waals surface area (Å²) in [5.41, 5.74) is 1.78. The van der Waals surface area contributed by atoms with Crippen molar-refractivity contribution in [3.05, 3.63) is 62.6 Å². The van der Waals surface area contributed by atoms with E-state index in [-0.39, 0.29) is 24.0 Å². The van der Waals surface area contributed by atoms with Gasteiger partial charge in [-0.2, -0.15) is 0 Å². The molecule has 136 valence electrons. The summed E-state index contributed by atoms with van der Waals surface area (Å²) in [4.78, 5) is 28.4. The minimum absolute atomic E-state index is 0.0261. The standard InChI is InChI=1S/C19H17Cl3N2O2/c1-12-4-6-14(10-17(12)22)24(11-23-8-2-3-18(23)25)19(26)15-9-13(20)5-7-16(15)21/h4-7,9-10H,2-3,8,11H2,1H3. The van der Waals surface area contributed by atoms with Gasteiger partial charge < -0.3 is 4.90 Å². The highest BCUT2D eigenvalue weighted by Gasteiger charge is 2.27. The van der Waals surface area contributed by atoms with Gasteiger partial charge in [-0.3, -0.25) is 14.5 Å². The normalized spacial score (nSPS) is 14.0. The second kappa shape index (κ2) is 7.87. The van der Waals surface area contributed by atoms with E-state index in [2.05, 4.69) is 0 Å². The van der Waals surface area contributed by atoms with Gasteiger partial charge in [0.2, 0.25) is 5.91 Å². The molecule has 1 aliphatic heterocycles. The topological polar surface area (TPSA) is 40.6 Å². The second-order valence-electron chi connectivity index (χ2n) is 6.19. The fourth-order valence-corrected chi connectivity index (χ4v) is 3.39. The zero-order valence-electron chi connectivity index (χ0n) is 14.1. The van der Waals surface area contributed by atoms with Crippen LogP contribution in [-0.2, 0) is 4.79 Å². The number of hydrogen-bond donors (Lipinski definition) is 0. The van der Waals surface area contributed by atoms with Gasteiger partial charge in [0, 0.05) is 28.7 Å². The SMILES string of the molecule is Cc1ccc(N(CN2CCCC2=O)C(=O)c2cc(Cl)ccc2Cl)cc1Cl. The number of carbonyl (C=O) groups excluding carboxylic acids is 2. The molecule has 2 amide bonds. The predicted molar refractivity (Wildman–Crippen MR) is 105 cm³/mol. The third-order valence-corrected chi connectivity index (χ3v) is 5.33. The highest BCUT2D eigenvalue weighted by atomic mass is 35.5. The molecular formula is C19H17Cl3N2O2. The Morgan fingerprint density at radius 2 is 1.88 bits per heavy atom. The zero-order chi connectivity index (χ0) is 18.8. The number of amides is 2. The summed E-state index contributed by atoms with van der Waals surface area (Å²) in [6.45, 7) is 2.64. The molecule has 0 aliphatic carbocycles. The maximum atomic E-state index is 13.2. The van der Waals surface area contributed by atoms with Crippen molar-refractivity contribution in [2.75, 3.05) is 18.1 Å². The van der Waals surface area contributed by atoms with Crippen LogP contribution in [0.2, 0.25) is 15.1 Å². The van der Waals surface area contributed by atoms with E-state index < -0.39 is 0 Å². The minimum Gasteiger partial charge on any atom is -0.324 e. The van der Waals surface area contributed by atoms with Gasteiger partial charge in [0.05, 0.1) is 10.6 Å². The summed E-state index contributed by atoms with van der Waals surface area (Å²) in [6.07, 6.45) is 1.28. The summed E-state index contributed by atoms with van der Waals surface area (Å²) in [5.74, 6) is -0.310. The number of anilines is 1. The number of rotatable bonds is 4. The molecule has 2 aromatic carbocycles. The van der Waals surface area contributed by atoms with Crippen molar-refractivity contribution in [3.8, 4) is 0 Å². The number of nitrogens with zero attached hydrogens (tertiary/aromatic N) is 2. The lowest BCUT2D eigenvalue weighted by atomic mass is 10.1. The molecule has 0 N–H and O–H groups in total. The molecule has 0 radical (unpaired) electrons. The minimum atomic E-state index is -0.336. The molecule has 2 aromatic rings. The zero-order valence-corrected chi connectivity index (χ0v) is 16.4. The van der Waals surface area contributed by atoms with Gasteiger partial charge in [-0.15, -0.1) is 0 Å². The van der Waals surface area contributed by atoms with Crippen molar-refractivity contribution in [1.82, 2.24) is 4.90 Å². The number of aryl methyl sites for hydroxylation is 1. The first-order chi connectivity index (χ1) is 12.4. The fraction of sp³-hybridized carbons (Fsp3) is 0.263. The van der Waals surface area contributed by atoms with Gasteiger partial charge in [0.15, 0.2) is 0 Å². The molecular weight excluding hydrogens is 395 g/mol. The van der Waals surface area contributed by atoms with Gasteiger partial charge in [0.1, 0.15) is 6.67 Å². The van der Waals surface area contributed by atoms with Crippen LogP contribution in [0.4, 0.5) is 5.69 Å². The van der Waals surface area contributed by atoms with Crippen LogP contribution in [0.15, 0.2) is 36.4 Å². The molecule has 0 saturated carbocycles. The summed E-state index contributed by atoms with van der Waals surface area (Å²) in [6, 6.07) is 10.1. The summed E-state index contributed by atoms with van der Waals surface area (Å²) >= 11 is 18.5. The van der Waals surface area contributed by atoms with Crippen molar-refractivity contribution < 1.29 is 9.59 Å². The number of halogens is 3. The van der Waals surface area contributed by atoms with E-state index in [1.807, 2.05) is 13.0 Å². The largest absolute Gasteiger partial charge is 0.324 e. The average molecular weight is 412 g/mol. The van der Waals surface area contributed by atoms with Crippen LogP contribution in [0.1, 0.15) is 28.8 Å². The van der Waals surface area contributed by atoms with Crippen LogP contribution < -0.4 is 4.90 Å². The van der Waals surface area contributed by atoms with Crippen molar-refractivity contribution in [2.45, 2.75) is 19.8 Å². The lowest BCUT2D eigenvalue weighted by Gasteiger charge is -2.28. The van der Waals surface area contributed by atoms with Crippen molar-refractivity contribution >= 4 is 52.3 Å². The molecule has 0 unspecified atom stereocenters. The lowest BCUT2D eigenvalue weighted by molar-refractivity contribution is -0.127. The van der Waals surface area contributed by atoms with E-state index in [1.54, 1.807) is 29.2 Å². The monoisotopic (exact) mass is 410 g/mol. The summed E-state index contributed by atoms with van der Waals surface area (Å²) < 4.78 is 0. The molecule has 0 aromatic heterocycles. The van der Waals surface area contributed by atoms with E-state index in [1.165, 1.54) is 11.0 Å². The highest BCUT2D eigenvalue weighted by Crippen LogP contribution is 2.28. The summed E-state index contributed by atoms with van der Waals surface area (Å²) in [5, 5.41) is 1.26. The van der Waals surface area contributed by atoms with Gasteiger partial charge in [-0.1, -0.05) is 40.9 Å². The van der Waals surface area contributed by atoms with Crippen molar-refractivity contribution in [1.29, 1.82) is 0 Å². The molecule has 1 fully saturated rings. The second-order valence-corrected chi connectivity index (χ2v) is 7.44. The molecule has 0 atom stereocenters. The van der Waals surface area contributed by atoms with Gasteiger partial charge in [-0.25, -0.2) is 0 Å². The first-order valence-corrected chi connectivity index (χ1v) is 9.31.